The second-order valence-electron chi connectivity index (χ2n) is 4.11. The summed E-state index contributed by atoms with van der Waals surface area (Å²) < 4.78 is 12.4. The zero-order valence-electron chi connectivity index (χ0n) is 11.9. The summed E-state index contributed by atoms with van der Waals surface area (Å²) in [4.78, 5) is 8.97. The molecule has 0 spiro atoms. The summed E-state index contributed by atoms with van der Waals surface area (Å²) >= 11 is 5.74. The molecule has 0 bridgehead atoms. The Morgan fingerprint density at radius 2 is 1.90 bits per heavy atom. The molecule has 1 aromatic carbocycles. The average molecular weight is 464 g/mol. The van der Waals surface area contributed by atoms with E-state index in [2.05, 4.69) is 53.8 Å². The van der Waals surface area contributed by atoms with Gasteiger partial charge in [0.1, 0.15) is 5.82 Å². The molecule has 21 heavy (non-hydrogen) atoms. The molecule has 2 rings (SSSR count). The lowest BCUT2D eigenvalue weighted by Crippen LogP contribution is -2.04. The standard InChI is InChI=1S/C14H15BrIN3O2/c1-4-17-14-10(16)7-18-13(19-14)8-5-11(20-2)12(21-3)6-9(8)15/h5-7H,4H2,1-3H3,(H,17,18,19). The summed E-state index contributed by atoms with van der Waals surface area (Å²) in [5, 5.41) is 3.23. The lowest BCUT2D eigenvalue weighted by atomic mass is 10.2. The van der Waals surface area contributed by atoms with Crippen molar-refractivity contribution >= 4 is 44.3 Å². The Hall–Kier alpha value is -1.09. The van der Waals surface area contributed by atoms with Crippen LogP contribution in [0.5, 0.6) is 11.5 Å². The number of hydrogen-bond donors (Lipinski definition) is 1. The zero-order valence-corrected chi connectivity index (χ0v) is 15.6. The van der Waals surface area contributed by atoms with Crippen LogP contribution in [0.3, 0.4) is 0 Å². The maximum Gasteiger partial charge on any atom is 0.162 e. The van der Waals surface area contributed by atoms with Gasteiger partial charge >= 0.3 is 0 Å². The number of ether oxygens (including phenoxy) is 2. The number of rotatable bonds is 5. The molecular formula is C14H15BrIN3O2. The van der Waals surface area contributed by atoms with E-state index in [4.69, 9.17) is 9.47 Å². The van der Waals surface area contributed by atoms with Crippen molar-refractivity contribution in [3.8, 4) is 22.9 Å². The maximum atomic E-state index is 5.34. The molecule has 0 fully saturated rings. The molecule has 0 atom stereocenters. The number of nitrogens with zero attached hydrogens (tertiary/aromatic N) is 2. The predicted octanol–water partition coefficient (Wildman–Crippen LogP) is 3.96. The van der Waals surface area contributed by atoms with Crippen LogP contribution in [0, 0.1) is 3.57 Å². The van der Waals surface area contributed by atoms with Gasteiger partial charge < -0.3 is 14.8 Å². The van der Waals surface area contributed by atoms with Gasteiger partial charge in [-0.3, -0.25) is 0 Å². The Kier molecular flexibility index (Phi) is 5.63. The fraction of sp³-hybridized carbons (Fsp3) is 0.286. The van der Waals surface area contributed by atoms with Crippen molar-refractivity contribution in [2.75, 3.05) is 26.1 Å². The van der Waals surface area contributed by atoms with Crippen molar-refractivity contribution in [2.24, 2.45) is 0 Å². The summed E-state index contributed by atoms with van der Waals surface area (Å²) in [6, 6.07) is 3.71. The molecule has 0 radical (unpaired) electrons. The minimum absolute atomic E-state index is 0.624. The van der Waals surface area contributed by atoms with Crippen LogP contribution < -0.4 is 14.8 Å². The van der Waals surface area contributed by atoms with E-state index in [1.54, 1.807) is 20.4 Å². The molecule has 7 heteroatoms. The number of halogens is 2. The van der Waals surface area contributed by atoms with E-state index in [-0.39, 0.29) is 0 Å². The van der Waals surface area contributed by atoms with Crippen molar-refractivity contribution < 1.29 is 9.47 Å². The molecule has 1 aromatic heterocycles. The van der Waals surface area contributed by atoms with Crippen molar-refractivity contribution in [2.45, 2.75) is 6.92 Å². The fourth-order valence-corrected chi connectivity index (χ4v) is 2.76. The molecule has 0 saturated carbocycles. The summed E-state index contributed by atoms with van der Waals surface area (Å²) in [5.41, 5.74) is 0.850. The van der Waals surface area contributed by atoms with Crippen molar-refractivity contribution in [3.05, 3.63) is 26.4 Å². The third-order valence-electron chi connectivity index (χ3n) is 2.80. The first-order valence-corrected chi connectivity index (χ1v) is 8.16. The van der Waals surface area contributed by atoms with Crippen LogP contribution in [0.2, 0.25) is 0 Å². The third kappa shape index (κ3) is 3.57. The number of anilines is 1. The van der Waals surface area contributed by atoms with E-state index < -0.39 is 0 Å². The van der Waals surface area contributed by atoms with E-state index in [9.17, 15) is 0 Å². The van der Waals surface area contributed by atoms with Crippen molar-refractivity contribution in [3.63, 3.8) is 0 Å². The molecule has 2 aromatic rings. The number of hydrogen-bond acceptors (Lipinski definition) is 5. The SMILES string of the molecule is CCNc1nc(-c2cc(OC)c(OC)cc2Br)ncc1I. The predicted molar refractivity (Wildman–Crippen MR) is 95.2 cm³/mol. The Morgan fingerprint density at radius 1 is 1.24 bits per heavy atom. The molecule has 0 unspecified atom stereocenters. The highest BCUT2D eigenvalue weighted by atomic mass is 127. The molecule has 5 nitrogen and oxygen atoms in total. The minimum atomic E-state index is 0.624. The number of benzene rings is 1. The van der Waals surface area contributed by atoms with Gasteiger partial charge in [0.15, 0.2) is 17.3 Å². The number of aromatic nitrogens is 2. The molecule has 1 heterocycles. The van der Waals surface area contributed by atoms with Gasteiger partial charge in [0.05, 0.1) is 17.8 Å². The molecule has 0 aliphatic heterocycles. The van der Waals surface area contributed by atoms with Crippen LogP contribution in [0.15, 0.2) is 22.8 Å². The number of nitrogens with one attached hydrogen (secondary N) is 1. The topological polar surface area (TPSA) is 56.3 Å². The normalized spacial score (nSPS) is 10.3. The number of methoxy groups -OCH3 is 2. The van der Waals surface area contributed by atoms with Crippen LogP contribution in [-0.2, 0) is 0 Å². The van der Waals surface area contributed by atoms with Gasteiger partial charge in [-0.25, -0.2) is 9.97 Å². The first-order valence-electron chi connectivity index (χ1n) is 6.29. The average Bonchev–Trinajstić information content (AvgIpc) is 2.49. The Morgan fingerprint density at radius 3 is 2.52 bits per heavy atom. The smallest absolute Gasteiger partial charge is 0.162 e. The van der Waals surface area contributed by atoms with Gasteiger partial charge in [-0.05, 0) is 57.6 Å². The Labute approximate surface area is 145 Å². The van der Waals surface area contributed by atoms with Crippen molar-refractivity contribution in [1.29, 1.82) is 0 Å². The van der Waals surface area contributed by atoms with Crippen molar-refractivity contribution in [1.82, 2.24) is 9.97 Å². The van der Waals surface area contributed by atoms with E-state index in [0.717, 1.165) is 26.0 Å². The molecule has 0 amide bonds. The molecular weight excluding hydrogens is 449 g/mol. The zero-order chi connectivity index (χ0) is 15.4. The summed E-state index contributed by atoms with van der Waals surface area (Å²) in [7, 11) is 3.21. The Balaban J connectivity index is 2.53. The van der Waals surface area contributed by atoms with E-state index in [1.165, 1.54) is 0 Å². The lowest BCUT2D eigenvalue weighted by Gasteiger charge is -2.12. The van der Waals surface area contributed by atoms with E-state index in [0.29, 0.717) is 17.3 Å². The highest BCUT2D eigenvalue weighted by molar-refractivity contribution is 14.1. The van der Waals surface area contributed by atoms with E-state index >= 15 is 0 Å². The first kappa shape index (κ1) is 16.3. The Bertz CT molecular complexity index is 652. The van der Waals surface area contributed by atoms with Gasteiger partial charge in [0.2, 0.25) is 0 Å². The quantitative estimate of drug-likeness (QED) is 0.680. The van der Waals surface area contributed by atoms with Gasteiger partial charge in [-0.2, -0.15) is 0 Å². The maximum absolute atomic E-state index is 5.34. The van der Waals surface area contributed by atoms with Crippen LogP contribution in [0.25, 0.3) is 11.4 Å². The molecule has 112 valence electrons. The summed E-state index contributed by atoms with van der Waals surface area (Å²) in [6.07, 6.45) is 1.80. The molecule has 1 N–H and O–H groups in total. The summed E-state index contributed by atoms with van der Waals surface area (Å²) in [5.74, 6) is 2.75. The van der Waals surface area contributed by atoms with Crippen LogP contribution in [0.4, 0.5) is 5.82 Å². The highest BCUT2D eigenvalue weighted by Crippen LogP contribution is 2.37. The van der Waals surface area contributed by atoms with Crippen LogP contribution >= 0.6 is 38.5 Å². The van der Waals surface area contributed by atoms with Gasteiger partial charge in [-0.15, -0.1) is 0 Å². The minimum Gasteiger partial charge on any atom is -0.493 e. The monoisotopic (exact) mass is 463 g/mol. The third-order valence-corrected chi connectivity index (χ3v) is 4.25. The molecule has 0 aliphatic rings. The van der Waals surface area contributed by atoms with Crippen LogP contribution in [0.1, 0.15) is 6.92 Å². The van der Waals surface area contributed by atoms with Crippen LogP contribution in [-0.4, -0.2) is 30.7 Å². The van der Waals surface area contributed by atoms with Gasteiger partial charge in [0, 0.05) is 22.8 Å². The van der Waals surface area contributed by atoms with E-state index in [1.807, 2.05) is 19.1 Å². The second-order valence-corrected chi connectivity index (χ2v) is 6.12. The van der Waals surface area contributed by atoms with Gasteiger partial charge in [0.25, 0.3) is 0 Å². The second kappa shape index (κ2) is 7.26. The lowest BCUT2D eigenvalue weighted by molar-refractivity contribution is 0.355. The van der Waals surface area contributed by atoms with Gasteiger partial charge in [-0.1, -0.05) is 0 Å². The molecule has 0 aliphatic carbocycles. The largest absolute Gasteiger partial charge is 0.493 e. The fourth-order valence-electron chi connectivity index (χ4n) is 1.81. The first-order chi connectivity index (χ1) is 10.1. The summed E-state index contributed by atoms with van der Waals surface area (Å²) in [6.45, 7) is 2.84. The molecule has 0 saturated heterocycles. The highest BCUT2D eigenvalue weighted by Gasteiger charge is 2.14.